The molecule has 0 bridgehead atoms. The molecule has 0 aromatic rings. The Morgan fingerprint density at radius 1 is 1.23 bits per heavy atom. The number of hydrogen-bond acceptors (Lipinski definition) is 1. The van der Waals surface area contributed by atoms with Gasteiger partial charge in [0, 0.05) is 12.6 Å². The predicted molar refractivity (Wildman–Crippen MR) is 56.5 cm³/mol. The average molecular weight is 180 g/mol. The van der Waals surface area contributed by atoms with Crippen LogP contribution in [-0.4, -0.2) is 24.0 Å². The molecule has 13 heavy (non-hydrogen) atoms. The van der Waals surface area contributed by atoms with Crippen LogP contribution >= 0.6 is 0 Å². The summed E-state index contributed by atoms with van der Waals surface area (Å²) in [6.07, 6.45) is 9.63. The molecule has 1 saturated carbocycles. The third kappa shape index (κ3) is 2.25. The molecule has 1 heterocycles. The molecule has 0 atom stereocenters. The SMILES string of the molecule is CC1(C)[CH]CCN(C2CCCC2)C1. The van der Waals surface area contributed by atoms with Crippen LogP contribution in [0, 0.1) is 11.8 Å². The van der Waals surface area contributed by atoms with Crippen LogP contribution in [0.4, 0.5) is 0 Å². The van der Waals surface area contributed by atoms with Crippen LogP contribution in [0.25, 0.3) is 0 Å². The Hall–Kier alpha value is -0.0400. The van der Waals surface area contributed by atoms with Crippen LogP contribution in [0.1, 0.15) is 46.0 Å². The van der Waals surface area contributed by atoms with Gasteiger partial charge in [0.1, 0.15) is 0 Å². The van der Waals surface area contributed by atoms with Crippen molar-refractivity contribution >= 4 is 0 Å². The second kappa shape index (κ2) is 3.61. The monoisotopic (exact) mass is 180 g/mol. The number of nitrogens with zero attached hydrogens (tertiary/aromatic N) is 1. The minimum absolute atomic E-state index is 0.459. The molecule has 0 spiro atoms. The standard InChI is InChI=1S/C12H22N/c1-12(2)8-5-9-13(10-12)11-6-3-4-7-11/h8,11H,3-7,9-10H2,1-2H3. The van der Waals surface area contributed by atoms with E-state index in [1.54, 1.807) is 0 Å². The Bertz CT molecular complexity index is 168. The first kappa shape index (κ1) is 9.51. The van der Waals surface area contributed by atoms with Gasteiger partial charge in [-0.1, -0.05) is 26.7 Å². The first-order valence-corrected chi connectivity index (χ1v) is 5.76. The largest absolute Gasteiger partial charge is 0.300 e. The molecule has 2 rings (SSSR count). The third-order valence-electron chi connectivity index (χ3n) is 3.56. The van der Waals surface area contributed by atoms with Crippen molar-refractivity contribution in [1.29, 1.82) is 0 Å². The number of piperidine rings is 1. The quantitative estimate of drug-likeness (QED) is 0.600. The summed E-state index contributed by atoms with van der Waals surface area (Å²) in [5.74, 6) is 0. The fourth-order valence-corrected chi connectivity index (χ4v) is 2.87. The summed E-state index contributed by atoms with van der Waals surface area (Å²) < 4.78 is 0. The van der Waals surface area contributed by atoms with E-state index in [-0.39, 0.29) is 0 Å². The molecule has 2 aliphatic rings. The normalized spacial score (nSPS) is 30.9. The maximum Gasteiger partial charge on any atom is 0.00954 e. The summed E-state index contributed by atoms with van der Waals surface area (Å²) in [5, 5.41) is 0. The van der Waals surface area contributed by atoms with Crippen molar-refractivity contribution in [3.8, 4) is 0 Å². The Morgan fingerprint density at radius 2 is 1.92 bits per heavy atom. The van der Waals surface area contributed by atoms with E-state index in [9.17, 15) is 0 Å². The molecule has 0 aromatic carbocycles. The highest BCUT2D eigenvalue weighted by Gasteiger charge is 2.31. The third-order valence-corrected chi connectivity index (χ3v) is 3.56. The first-order valence-electron chi connectivity index (χ1n) is 5.76. The number of likely N-dealkylation sites (tertiary alicyclic amines) is 1. The molecule has 0 aromatic heterocycles. The lowest BCUT2D eigenvalue weighted by Gasteiger charge is -2.41. The van der Waals surface area contributed by atoms with E-state index >= 15 is 0 Å². The highest BCUT2D eigenvalue weighted by atomic mass is 15.2. The minimum atomic E-state index is 0.459. The number of rotatable bonds is 1. The van der Waals surface area contributed by atoms with Gasteiger partial charge in [0.15, 0.2) is 0 Å². The highest BCUT2D eigenvalue weighted by molar-refractivity contribution is 4.95. The van der Waals surface area contributed by atoms with Crippen molar-refractivity contribution in [3.05, 3.63) is 6.42 Å². The van der Waals surface area contributed by atoms with E-state index in [0.29, 0.717) is 5.41 Å². The van der Waals surface area contributed by atoms with Crippen molar-refractivity contribution in [2.75, 3.05) is 13.1 Å². The molecule has 1 radical (unpaired) electrons. The van der Waals surface area contributed by atoms with E-state index in [1.807, 2.05) is 0 Å². The average Bonchev–Trinajstić information content (AvgIpc) is 2.53. The Kier molecular flexibility index (Phi) is 2.64. The maximum absolute atomic E-state index is 2.73. The van der Waals surface area contributed by atoms with Gasteiger partial charge in [-0.2, -0.15) is 0 Å². The molecular formula is C12H22N. The lowest BCUT2D eigenvalue weighted by molar-refractivity contribution is 0.115. The van der Waals surface area contributed by atoms with Crippen molar-refractivity contribution in [2.24, 2.45) is 5.41 Å². The van der Waals surface area contributed by atoms with Crippen molar-refractivity contribution in [2.45, 2.75) is 52.0 Å². The van der Waals surface area contributed by atoms with Crippen LogP contribution in [0.15, 0.2) is 0 Å². The maximum atomic E-state index is 2.73. The summed E-state index contributed by atoms with van der Waals surface area (Å²) in [7, 11) is 0. The summed E-state index contributed by atoms with van der Waals surface area (Å²) in [5.41, 5.74) is 0.459. The van der Waals surface area contributed by atoms with Gasteiger partial charge < -0.3 is 0 Å². The molecule has 1 aliphatic heterocycles. The summed E-state index contributed by atoms with van der Waals surface area (Å²) in [6, 6.07) is 0.924. The topological polar surface area (TPSA) is 3.24 Å². The van der Waals surface area contributed by atoms with E-state index in [4.69, 9.17) is 0 Å². The number of hydrogen-bond donors (Lipinski definition) is 0. The van der Waals surface area contributed by atoms with E-state index < -0.39 is 0 Å². The summed E-state index contributed by atoms with van der Waals surface area (Å²) >= 11 is 0. The molecular weight excluding hydrogens is 158 g/mol. The van der Waals surface area contributed by atoms with Crippen LogP contribution in [0.3, 0.4) is 0 Å². The lowest BCUT2D eigenvalue weighted by Crippen LogP contribution is -2.45. The molecule has 0 amide bonds. The molecule has 1 nitrogen and oxygen atoms in total. The Balaban J connectivity index is 1.91. The molecule has 0 unspecified atom stereocenters. The van der Waals surface area contributed by atoms with Gasteiger partial charge in [0.2, 0.25) is 0 Å². The molecule has 1 heteroatoms. The van der Waals surface area contributed by atoms with Gasteiger partial charge in [-0.15, -0.1) is 0 Å². The zero-order valence-corrected chi connectivity index (χ0v) is 9.05. The van der Waals surface area contributed by atoms with Gasteiger partial charge in [0.05, 0.1) is 0 Å². The highest BCUT2D eigenvalue weighted by Crippen LogP contribution is 2.32. The summed E-state index contributed by atoms with van der Waals surface area (Å²) in [4.78, 5) is 2.73. The molecule has 1 saturated heterocycles. The van der Waals surface area contributed by atoms with Crippen molar-refractivity contribution < 1.29 is 0 Å². The molecule has 0 N–H and O–H groups in total. The van der Waals surface area contributed by atoms with Gasteiger partial charge in [-0.25, -0.2) is 0 Å². The van der Waals surface area contributed by atoms with Crippen molar-refractivity contribution in [1.82, 2.24) is 4.90 Å². The van der Waals surface area contributed by atoms with E-state index in [0.717, 1.165) is 6.04 Å². The van der Waals surface area contributed by atoms with Crippen LogP contribution < -0.4 is 0 Å². The molecule has 75 valence electrons. The van der Waals surface area contributed by atoms with E-state index in [2.05, 4.69) is 25.2 Å². The summed E-state index contributed by atoms with van der Waals surface area (Å²) in [6.45, 7) is 7.34. The fraction of sp³-hybridized carbons (Fsp3) is 0.917. The molecule has 2 fully saturated rings. The van der Waals surface area contributed by atoms with Crippen LogP contribution in [0.5, 0.6) is 0 Å². The van der Waals surface area contributed by atoms with Crippen LogP contribution in [0.2, 0.25) is 0 Å². The van der Waals surface area contributed by atoms with Crippen LogP contribution in [-0.2, 0) is 0 Å². The fourth-order valence-electron chi connectivity index (χ4n) is 2.87. The van der Waals surface area contributed by atoms with Gasteiger partial charge >= 0.3 is 0 Å². The Labute approximate surface area is 82.5 Å². The second-order valence-corrected chi connectivity index (χ2v) is 5.39. The molecule has 1 aliphatic carbocycles. The first-order chi connectivity index (χ1) is 6.17. The zero-order chi connectivity index (χ0) is 9.31. The lowest BCUT2D eigenvalue weighted by atomic mass is 9.83. The zero-order valence-electron chi connectivity index (χ0n) is 9.05. The minimum Gasteiger partial charge on any atom is -0.300 e. The van der Waals surface area contributed by atoms with Gasteiger partial charge in [-0.3, -0.25) is 4.90 Å². The predicted octanol–water partition coefficient (Wildman–Crippen LogP) is 2.87. The smallest absolute Gasteiger partial charge is 0.00954 e. The van der Waals surface area contributed by atoms with Gasteiger partial charge in [-0.05, 0) is 37.6 Å². The van der Waals surface area contributed by atoms with Crippen molar-refractivity contribution in [3.63, 3.8) is 0 Å². The van der Waals surface area contributed by atoms with Gasteiger partial charge in [0.25, 0.3) is 0 Å². The van der Waals surface area contributed by atoms with E-state index in [1.165, 1.54) is 45.2 Å². The Morgan fingerprint density at radius 3 is 2.54 bits per heavy atom. The second-order valence-electron chi connectivity index (χ2n) is 5.39.